The summed E-state index contributed by atoms with van der Waals surface area (Å²) < 4.78 is 43.2. The van der Waals surface area contributed by atoms with Gasteiger partial charge in [0.05, 0.1) is 22.8 Å². The summed E-state index contributed by atoms with van der Waals surface area (Å²) in [5.41, 5.74) is 0.576. The van der Waals surface area contributed by atoms with Gasteiger partial charge in [0.15, 0.2) is 9.84 Å². The zero-order valence-electron chi connectivity index (χ0n) is 20.1. The van der Waals surface area contributed by atoms with E-state index in [9.17, 15) is 22.4 Å². The highest BCUT2D eigenvalue weighted by Gasteiger charge is 2.42. The molecule has 2 N–H and O–H groups in total. The number of sulfone groups is 1. The van der Waals surface area contributed by atoms with Gasteiger partial charge in [0, 0.05) is 22.4 Å². The van der Waals surface area contributed by atoms with Gasteiger partial charge in [-0.05, 0) is 77.3 Å². The highest BCUT2D eigenvalue weighted by molar-refractivity contribution is 7.91. The Kier molecular flexibility index (Phi) is 7.54. The number of hydrogen-bond acceptors (Lipinski definition) is 7. The molecule has 0 radical (unpaired) electrons. The maximum absolute atomic E-state index is 13.1. The summed E-state index contributed by atoms with van der Waals surface area (Å²) in [6, 6.07) is 4.60. The van der Waals surface area contributed by atoms with Crippen molar-refractivity contribution in [2.45, 2.75) is 69.9 Å². The van der Waals surface area contributed by atoms with Gasteiger partial charge in [-0.3, -0.25) is 4.79 Å². The second-order valence-electron chi connectivity index (χ2n) is 9.57. The van der Waals surface area contributed by atoms with E-state index in [1.54, 1.807) is 6.92 Å². The van der Waals surface area contributed by atoms with Crippen molar-refractivity contribution in [2.24, 2.45) is 0 Å². The van der Waals surface area contributed by atoms with Crippen LogP contribution in [-0.2, 0) is 31.3 Å². The predicted molar refractivity (Wildman–Crippen MR) is 131 cm³/mol. The summed E-state index contributed by atoms with van der Waals surface area (Å²) in [7, 11) is -3.63. The minimum Gasteiger partial charge on any atom is -0.462 e. The predicted octanol–water partition coefficient (Wildman–Crippen LogP) is 4.42. The number of thiophene rings is 1. The first-order chi connectivity index (χ1) is 15.8. The lowest BCUT2D eigenvalue weighted by atomic mass is 9.81. The lowest BCUT2D eigenvalue weighted by Crippen LogP contribution is -2.55. The normalized spacial score (nSPS) is 16.5. The Morgan fingerprint density at radius 2 is 1.82 bits per heavy atom. The second-order valence-corrected chi connectivity index (χ2v) is 12.7. The molecular formula is C24H31FN2O5S2. The molecule has 0 bridgehead atoms. The van der Waals surface area contributed by atoms with E-state index in [2.05, 4.69) is 24.5 Å². The van der Waals surface area contributed by atoms with Crippen LogP contribution in [0, 0.1) is 5.82 Å². The van der Waals surface area contributed by atoms with Gasteiger partial charge in [-0.2, -0.15) is 0 Å². The first-order valence-electron chi connectivity index (χ1n) is 11.2. The van der Waals surface area contributed by atoms with Crippen LogP contribution in [0.4, 0.5) is 9.39 Å². The molecule has 0 atom stereocenters. The number of carbonyl (C=O) groups excluding carboxylic acids is 2. The molecule has 186 valence electrons. The summed E-state index contributed by atoms with van der Waals surface area (Å²) in [6.07, 6.45) is 0.645. The third kappa shape index (κ3) is 5.84. The maximum Gasteiger partial charge on any atom is 0.341 e. The van der Waals surface area contributed by atoms with E-state index in [4.69, 9.17) is 4.74 Å². The van der Waals surface area contributed by atoms with Gasteiger partial charge in [-0.25, -0.2) is 17.6 Å². The molecule has 0 saturated heterocycles. The van der Waals surface area contributed by atoms with Crippen LogP contribution in [0.1, 0.15) is 68.3 Å². The average Bonchev–Trinajstić information content (AvgIpc) is 3.05. The summed E-state index contributed by atoms with van der Waals surface area (Å²) in [6.45, 7) is 10.1. The van der Waals surface area contributed by atoms with Crippen LogP contribution in [-0.4, -0.2) is 38.2 Å². The van der Waals surface area contributed by atoms with Crippen molar-refractivity contribution in [3.8, 4) is 0 Å². The van der Waals surface area contributed by atoms with E-state index in [1.165, 1.54) is 23.5 Å². The molecular weight excluding hydrogens is 479 g/mol. The Morgan fingerprint density at radius 1 is 1.18 bits per heavy atom. The van der Waals surface area contributed by atoms with Gasteiger partial charge >= 0.3 is 5.97 Å². The molecule has 7 nitrogen and oxygen atoms in total. The van der Waals surface area contributed by atoms with Crippen molar-refractivity contribution in [3.63, 3.8) is 0 Å². The van der Waals surface area contributed by atoms with Crippen molar-refractivity contribution < 1.29 is 27.1 Å². The number of hydrogen-bond donors (Lipinski definition) is 2. The van der Waals surface area contributed by atoms with Gasteiger partial charge in [-0.1, -0.05) is 0 Å². The molecule has 10 heteroatoms. The lowest BCUT2D eigenvalue weighted by molar-refractivity contribution is -0.116. The zero-order chi connectivity index (χ0) is 25.3. The largest absolute Gasteiger partial charge is 0.462 e. The molecule has 0 saturated carbocycles. The third-order valence-corrected chi connectivity index (χ3v) is 8.85. The second kappa shape index (κ2) is 9.75. The number of amides is 1. The van der Waals surface area contributed by atoms with Gasteiger partial charge in [0.25, 0.3) is 0 Å². The Morgan fingerprint density at radius 3 is 2.44 bits per heavy atom. The van der Waals surface area contributed by atoms with Crippen LogP contribution in [0.2, 0.25) is 0 Å². The standard InChI is InChI=1S/C24H31FN2O5S2/c1-6-32-22(29)19-17-14-23(2,3)27-24(4,5)20(17)33-21(19)26-18(28)8-7-13-34(30,31)16-11-9-15(25)10-12-16/h9-12,27H,6-8,13-14H2,1-5H3,(H,26,28). The topological polar surface area (TPSA) is 102 Å². The number of rotatable bonds is 8. The molecule has 1 aromatic carbocycles. The maximum atomic E-state index is 13.1. The van der Waals surface area contributed by atoms with Crippen molar-refractivity contribution >= 4 is 38.1 Å². The van der Waals surface area contributed by atoms with Crippen molar-refractivity contribution in [1.82, 2.24) is 5.32 Å². The molecule has 3 rings (SSSR count). The summed E-state index contributed by atoms with van der Waals surface area (Å²) in [4.78, 5) is 26.5. The van der Waals surface area contributed by atoms with E-state index in [1.807, 2.05) is 13.8 Å². The van der Waals surface area contributed by atoms with Gasteiger partial charge in [0.2, 0.25) is 5.91 Å². The van der Waals surface area contributed by atoms with Gasteiger partial charge in [-0.15, -0.1) is 11.3 Å². The SMILES string of the molecule is CCOC(=O)c1c(NC(=O)CCCS(=O)(=O)c2ccc(F)cc2)sc2c1CC(C)(C)NC2(C)C. The Balaban J connectivity index is 1.77. The van der Waals surface area contributed by atoms with Gasteiger partial charge < -0.3 is 15.4 Å². The fraction of sp³-hybridized carbons (Fsp3) is 0.500. The van der Waals surface area contributed by atoms with Gasteiger partial charge in [0.1, 0.15) is 10.8 Å². The number of benzene rings is 1. The van der Waals surface area contributed by atoms with Crippen LogP contribution in [0.5, 0.6) is 0 Å². The lowest BCUT2D eigenvalue weighted by Gasteiger charge is -2.42. The van der Waals surface area contributed by atoms with E-state index in [0.29, 0.717) is 17.0 Å². The van der Waals surface area contributed by atoms with Crippen LogP contribution < -0.4 is 10.6 Å². The van der Waals surface area contributed by atoms with E-state index < -0.39 is 27.2 Å². The molecule has 0 unspecified atom stereocenters. The molecule has 1 aliphatic heterocycles. The minimum absolute atomic E-state index is 0.0159. The highest BCUT2D eigenvalue weighted by atomic mass is 32.2. The molecule has 2 heterocycles. The van der Waals surface area contributed by atoms with Crippen LogP contribution in [0.3, 0.4) is 0 Å². The number of fused-ring (bicyclic) bond motifs is 1. The highest BCUT2D eigenvalue weighted by Crippen LogP contribution is 2.45. The third-order valence-electron chi connectivity index (χ3n) is 5.57. The van der Waals surface area contributed by atoms with Crippen LogP contribution >= 0.6 is 11.3 Å². The van der Waals surface area contributed by atoms with Crippen LogP contribution in [0.15, 0.2) is 29.2 Å². The first kappa shape index (κ1) is 26.3. The van der Waals surface area contributed by atoms with Crippen molar-refractivity contribution in [2.75, 3.05) is 17.7 Å². The summed E-state index contributed by atoms with van der Waals surface area (Å²) >= 11 is 1.34. The number of halogens is 1. The van der Waals surface area contributed by atoms with E-state index in [-0.39, 0.29) is 41.5 Å². The molecule has 34 heavy (non-hydrogen) atoms. The van der Waals surface area contributed by atoms with Crippen molar-refractivity contribution in [3.05, 3.63) is 46.1 Å². The van der Waals surface area contributed by atoms with Crippen LogP contribution in [0.25, 0.3) is 0 Å². The Hall–Kier alpha value is -2.30. The molecule has 1 amide bonds. The van der Waals surface area contributed by atoms with E-state index in [0.717, 1.165) is 22.6 Å². The number of esters is 1. The molecule has 2 aromatic rings. The fourth-order valence-corrected chi connectivity index (χ4v) is 7.00. The van der Waals surface area contributed by atoms with Crippen molar-refractivity contribution in [1.29, 1.82) is 0 Å². The monoisotopic (exact) mass is 510 g/mol. The zero-order valence-corrected chi connectivity index (χ0v) is 21.7. The molecule has 1 aromatic heterocycles. The first-order valence-corrected chi connectivity index (χ1v) is 13.6. The summed E-state index contributed by atoms with van der Waals surface area (Å²) in [5, 5.41) is 6.81. The smallest absolute Gasteiger partial charge is 0.341 e. The fourth-order valence-electron chi connectivity index (χ4n) is 4.41. The number of ether oxygens (including phenoxy) is 1. The number of nitrogens with one attached hydrogen (secondary N) is 2. The minimum atomic E-state index is -3.63. The van der Waals surface area contributed by atoms with E-state index >= 15 is 0 Å². The summed E-state index contributed by atoms with van der Waals surface area (Å²) in [5.74, 6) is -1.63. The molecule has 0 aliphatic carbocycles. The number of anilines is 1. The molecule has 0 fully saturated rings. The Bertz CT molecular complexity index is 1180. The quantitative estimate of drug-likeness (QED) is 0.403. The number of carbonyl (C=O) groups is 2. The average molecular weight is 511 g/mol. The molecule has 0 spiro atoms. The Labute approximate surface area is 204 Å². The molecule has 1 aliphatic rings.